The number of hydrogen-bond donors (Lipinski definition) is 0. The molecule has 2 heterocycles. The quantitative estimate of drug-likeness (QED) is 0.733. The Balaban J connectivity index is 2.26. The normalized spacial score (nSPS) is 19.8. The Hall–Kier alpha value is -0.690. The van der Waals surface area contributed by atoms with Gasteiger partial charge in [0, 0.05) is 29.7 Å². The third kappa shape index (κ3) is 3.91. The molecule has 0 radical (unpaired) electrons. The summed E-state index contributed by atoms with van der Waals surface area (Å²) in [7, 11) is 0. The van der Waals surface area contributed by atoms with Crippen LogP contribution in [0.5, 0.6) is 0 Å². The van der Waals surface area contributed by atoms with Crippen molar-refractivity contribution in [3.05, 3.63) is 17.0 Å². The predicted molar refractivity (Wildman–Crippen MR) is 75.4 cm³/mol. The van der Waals surface area contributed by atoms with Crippen LogP contribution in [0.25, 0.3) is 0 Å². The monoisotopic (exact) mass is 325 g/mol. The third-order valence-corrected chi connectivity index (χ3v) is 4.66. The fourth-order valence-electron chi connectivity index (χ4n) is 1.94. The van der Waals surface area contributed by atoms with E-state index in [1.165, 1.54) is 6.07 Å². The van der Waals surface area contributed by atoms with Gasteiger partial charge >= 0.3 is 6.18 Å². The van der Waals surface area contributed by atoms with Gasteiger partial charge in [0.15, 0.2) is 0 Å². The summed E-state index contributed by atoms with van der Waals surface area (Å²) < 4.78 is 38.3. The van der Waals surface area contributed by atoms with Gasteiger partial charge in [0.1, 0.15) is 11.0 Å². The Morgan fingerprint density at radius 1 is 1.30 bits per heavy atom. The second-order valence-corrected chi connectivity index (χ2v) is 7.40. The van der Waals surface area contributed by atoms with E-state index in [4.69, 9.17) is 11.6 Å². The van der Waals surface area contributed by atoms with E-state index in [1.807, 2.05) is 16.7 Å². The fraction of sp³-hybridized carbons (Fsp3) is 0.667. The van der Waals surface area contributed by atoms with Gasteiger partial charge in [-0.25, -0.2) is 9.97 Å². The highest BCUT2D eigenvalue weighted by Crippen LogP contribution is 2.33. The first-order valence-corrected chi connectivity index (χ1v) is 7.54. The first kappa shape index (κ1) is 15.7. The van der Waals surface area contributed by atoms with E-state index < -0.39 is 12.0 Å². The van der Waals surface area contributed by atoms with Crippen LogP contribution in [0.2, 0.25) is 5.15 Å². The van der Waals surface area contributed by atoms with Crippen LogP contribution in [0.1, 0.15) is 26.1 Å². The molecular weight excluding hydrogens is 311 g/mol. The van der Waals surface area contributed by atoms with Crippen LogP contribution in [-0.2, 0) is 6.18 Å². The molecule has 1 aliphatic heterocycles. The Bertz CT molecular complexity index is 493. The number of hydrogen-bond acceptors (Lipinski definition) is 4. The van der Waals surface area contributed by atoms with Gasteiger partial charge in [0.2, 0.25) is 5.82 Å². The van der Waals surface area contributed by atoms with Gasteiger partial charge in [-0.1, -0.05) is 25.4 Å². The molecule has 0 amide bonds. The number of alkyl halides is 3. The summed E-state index contributed by atoms with van der Waals surface area (Å²) in [5.41, 5.74) is 0. The number of anilines is 1. The molecule has 0 N–H and O–H groups in total. The molecule has 0 unspecified atom stereocenters. The lowest BCUT2D eigenvalue weighted by atomic mass is 10.1. The Morgan fingerprint density at radius 2 is 2.00 bits per heavy atom. The lowest BCUT2D eigenvalue weighted by molar-refractivity contribution is -0.144. The van der Waals surface area contributed by atoms with Crippen molar-refractivity contribution in [1.29, 1.82) is 0 Å². The largest absolute Gasteiger partial charge is 0.451 e. The van der Waals surface area contributed by atoms with Crippen LogP contribution in [0.3, 0.4) is 0 Å². The molecule has 1 aromatic heterocycles. The van der Waals surface area contributed by atoms with E-state index in [-0.39, 0.29) is 15.7 Å². The van der Waals surface area contributed by atoms with E-state index in [0.717, 1.165) is 12.2 Å². The first-order chi connectivity index (χ1) is 9.17. The zero-order valence-electron chi connectivity index (χ0n) is 11.2. The summed E-state index contributed by atoms with van der Waals surface area (Å²) >= 11 is 7.50. The maximum atomic E-state index is 12.7. The van der Waals surface area contributed by atoms with Crippen molar-refractivity contribution in [2.45, 2.75) is 31.2 Å². The van der Waals surface area contributed by atoms with E-state index >= 15 is 0 Å². The molecule has 0 saturated carbocycles. The molecule has 0 spiro atoms. The molecule has 112 valence electrons. The molecule has 1 aromatic rings. The number of rotatable bonds is 1. The minimum atomic E-state index is -4.58. The number of nitrogens with zero attached hydrogens (tertiary/aromatic N) is 3. The molecule has 0 aromatic carbocycles. The van der Waals surface area contributed by atoms with Crippen molar-refractivity contribution in [2.24, 2.45) is 0 Å². The van der Waals surface area contributed by atoms with E-state index in [2.05, 4.69) is 23.8 Å². The van der Waals surface area contributed by atoms with E-state index in [9.17, 15) is 13.2 Å². The topological polar surface area (TPSA) is 29.0 Å². The van der Waals surface area contributed by atoms with Gasteiger partial charge < -0.3 is 4.90 Å². The summed E-state index contributed by atoms with van der Waals surface area (Å²) in [5, 5.41) is -0.182. The lowest BCUT2D eigenvalue weighted by Crippen LogP contribution is -2.28. The molecule has 1 fully saturated rings. The minimum Gasteiger partial charge on any atom is -0.356 e. The number of aromatic nitrogens is 2. The molecular formula is C12H15ClF3N3S. The molecule has 1 saturated heterocycles. The number of halogens is 4. The van der Waals surface area contributed by atoms with Crippen molar-refractivity contribution < 1.29 is 13.2 Å². The standard InChI is InChI=1S/C12H15ClF3N3S/c1-11(2)3-4-19(5-6-20-11)9-7-8(13)17-10(18-9)12(14,15)16/h7H,3-6H2,1-2H3. The van der Waals surface area contributed by atoms with Crippen LogP contribution in [0.15, 0.2) is 6.07 Å². The van der Waals surface area contributed by atoms with E-state index in [1.54, 1.807) is 0 Å². The van der Waals surface area contributed by atoms with Crippen LogP contribution in [0, 0.1) is 0 Å². The summed E-state index contributed by atoms with van der Waals surface area (Å²) in [6, 6.07) is 1.39. The van der Waals surface area contributed by atoms with Gasteiger partial charge in [-0.3, -0.25) is 0 Å². The molecule has 0 bridgehead atoms. The average Bonchev–Trinajstić information content (AvgIpc) is 2.48. The highest BCUT2D eigenvalue weighted by molar-refractivity contribution is 8.00. The lowest BCUT2D eigenvalue weighted by Gasteiger charge is -2.23. The second-order valence-electron chi connectivity index (χ2n) is 5.22. The van der Waals surface area contributed by atoms with Gasteiger partial charge in [0.05, 0.1) is 0 Å². The molecule has 0 aliphatic carbocycles. The summed E-state index contributed by atoms with van der Waals surface area (Å²) in [5.74, 6) is -0.0949. The summed E-state index contributed by atoms with van der Waals surface area (Å²) in [6.07, 6.45) is -3.71. The highest BCUT2D eigenvalue weighted by atomic mass is 35.5. The average molecular weight is 326 g/mol. The van der Waals surface area contributed by atoms with Gasteiger partial charge in [-0.2, -0.15) is 24.9 Å². The van der Waals surface area contributed by atoms with Crippen LogP contribution >= 0.6 is 23.4 Å². The van der Waals surface area contributed by atoms with Gasteiger partial charge in [-0.05, 0) is 6.42 Å². The zero-order chi connectivity index (χ0) is 15.0. The molecule has 0 atom stereocenters. The molecule has 20 heavy (non-hydrogen) atoms. The van der Waals surface area contributed by atoms with E-state index in [0.29, 0.717) is 13.1 Å². The van der Waals surface area contributed by atoms with Crippen molar-refractivity contribution in [2.75, 3.05) is 23.7 Å². The molecule has 1 aliphatic rings. The zero-order valence-corrected chi connectivity index (χ0v) is 12.7. The Labute approximate surface area is 124 Å². The van der Waals surface area contributed by atoms with Crippen LogP contribution < -0.4 is 4.90 Å². The first-order valence-electron chi connectivity index (χ1n) is 6.18. The van der Waals surface area contributed by atoms with Crippen molar-refractivity contribution in [3.63, 3.8) is 0 Å². The van der Waals surface area contributed by atoms with Crippen molar-refractivity contribution >= 4 is 29.2 Å². The van der Waals surface area contributed by atoms with Gasteiger partial charge in [0.25, 0.3) is 0 Å². The molecule has 3 nitrogen and oxygen atoms in total. The molecule has 8 heteroatoms. The molecule has 2 rings (SSSR count). The maximum absolute atomic E-state index is 12.7. The fourth-order valence-corrected chi connectivity index (χ4v) is 3.22. The Morgan fingerprint density at radius 3 is 2.65 bits per heavy atom. The summed E-state index contributed by atoms with van der Waals surface area (Å²) in [6.45, 7) is 5.58. The predicted octanol–water partition coefficient (Wildman–Crippen LogP) is 3.87. The van der Waals surface area contributed by atoms with Crippen LogP contribution in [0.4, 0.5) is 19.0 Å². The van der Waals surface area contributed by atoms with Gasteiger partial charge in [-0.15, -0.1) is 0 Å². The maximum Gasteiger partial charge on any atom is 0.451 e. The Kier molecular flexibility index (Phi) is 4.39. The highest BCUT2D eigenvalue weighted by Gasteiger charge is 2.36. The second kappa shape index (κ2) is 5.60. The number of thioether (sulfide) groups is 1. The third-order valence-electron chi connectivity index (χ3n) is 3.10. The van der Waals surface area contributed by atoms with Crippen molar-refractivity contribution in [1.82, 2.24) is 9.97 Å². The van der Waals surface area contributed by atoms with Crippen molar-refractivity contribution in [3.8, 4) is 0 Å². The smallest absolute Gasteiger partial charge is 0.356 e. The van der Waals surface area contributed by atoms with Crippen LogP contribution in [-0.4, -0.2) is 33.6 Å². The SMILES string of the molecule is CC1(C)CCN(c2cc(Cl)nc(C(F)(F)F)n2)CCS1. The minimum absolute atomic E-state index is 0.123. The summed E-state index contributed by atoms with van der Waals surface area (Å²) in [4.78, 5) is 8.70.